The van der Waals surface area contributed by atoms with Gasteiger partial charge in [-0.25, -0.2) is 14.6 Å². The lowest BCUT2D eigenvalue weighted by atomic mass is 10.2. The van der Waals surface area contributed by atoms with Crippen molar-refractivity contribution in [2.24, 2.45) is 0 Å². The third-order valence-corrected chi connectivity index (χ3v) is 2.50. The van der Waals surface area contributed by atoms with E-state index in [-0.39, 0.29) is 6.42 Å². The van der Waals surface area contributed by atoms with Crippen LogP contribution in [0.25, 0.3) is 0 Å². The van der Waals surface area contributed by atoms with Crippen molar-refractivity contribution in [1.29, 1.82) is 0 Å². The van der Waals surface area contributed by atoms with Gasteiger partial charge in [0.1, 0.15) is 6.04 Å². The quantitative estimate of drug-likeness (QED) is 0.637. The molecule has 0 aromatic carbocycles. The molecule has 8 nitrogen and oxygen atoms in total. The maximum atomic E-state index is 11.7. The van der Waals surface area contributed by atoms with Gasteiger partial charge in [0.05, 0.1) is 18.2 Å². The van der Waals surface area contributed by atoms with Crippen LogP contribution in [-0.4, -0.2) is 38.1 Å². The molecule has 0 spiro atoms. The van der Waals surface area contributed by atoms with Crippen LogP contribution in [0.2, 0.25) is 0 Å². The Bertz CT molecular complexity index is 570. The predicted octanol–water partition coefficient (Wildman–Crippen LogP) is 0.622. The minimum Gasteiger partial charge on any atom is -0.480 e. The highest BCUT2D eigenvalue weighted by atomic mass is 16.4. The van der Waals surface area contributed by atoms with E-state index >= 15 is 0 Å². The molecule has 2 aromatic heterocycles. The topological polar surface area (TPSA) is 120 Å². The Morgan fingerprint density at radius 3 is 2.80 bits per heavy atom. The number of urea groups is 1. The minimum absolute atomic E-state index is 0.121. The van der Waals surface area contributed by atoms with E-state index < -0.39 is 18.0 Å². The fourth-order valence-electron chi connectivity index (χ4n) is 1.58. The van der Waals surface area contributed by atoms with E-state index in [1.165, 1.54) is 18.7 Å². The first-order valence-corrected chi connectivity index (χ1v) is 5.83. The number of carboxylic acid groups (broad SMARTS) is 1. The van der Waals surface area contributed by atoms with Crippen LogP contribution >= 0.6 is 0 Å². The zero-order valence-electron chi connectivity index (χ0n) is 10.4. The number of nitrogens with zero attached hydrogens (tertiary/aromatic N) is 2. The molecule has 20 heavy (non-hydrogen) atoms. The van der Waals surface area contributed by atoms with Gasteiger partial charge in [-0.05, 0) is 12.1 Å². The Morgan fingerprint density at radius 2 is 2.20 bits per heavy atom. The molecule has 0 aliphatic carbocycles. The van der Waals surface area contributed by atoms with Crippen LogP contribution in [0.15, 0.2) is 37.1 Å². The highest BCUT2D eigenvalue weighted by Gasteiger charge is 2.21. The molecule has 0 aliphatic heterocycles. The van der Waals surface area contributed by atoms with Crippen molar-refractivity contribution >= 4 is 17.7 Å². The molecule has 0 radical (unpaired) electrons. The number of H-pyrrole nitrogens is 1. The standard InChI is InChI=1S/C12H13N5O3/c18-11(19)10(4-9-6-14-7-15-9)17-12(20)16-8-2-1-3-13-5-8/h1-3,5-7,10H,4H2,(H,14,15)(H,18,19)(H2,16,17,20)/t10-/m0/s1. The van der Waals surface area contributed by atoms with E-state index in [0.717, 1.165) is 0 Å². The van der Waals surface area contributed by atoms with Gasteiger partial charge in [0.2, 0.25) is 0 Å². The third kappa shape index (κ3) is 3.80. The van der Waals surface area contributed by atoms with Crippen LogP contribution in [0.4, 0.5) is 10.5 Å². The van der Waals surface area contributed by atoms with E-state index in [0.29, 0.717) is 11.4 Å². The van der Waals surface area contributed by atoms with E-state index in [2.05, 4.69) is 25.6 Å². The lowest BCUT2D eigenvalue weighted by Gasteiger charge is -2.14. The Hall–Kier alpha value is -2.90. The Kier molecular flexibility index (Phi) is 4.28. The van der Waals surface area contributed by atoms with Crippen LogP contribution in [0.3, 0.4) is 0 Å². The van der Waals surface area contributed by atoms with E-state index in [1.54, 1.807) is 18.3 Å². The summed E-state index contributed by atoms with van der Waals surface area (Å²) < 4.78 is 0. The van der Waals surface area contributed by atoms with Gasteiger partial charge in [-0.2, -0.15) is 0 Å². The first-order chi connectivity index (χ1) is 9.65. The highest BCUT2D eigenvalue weighted by Crippen LogP contribution is 2.03. The van der Waals surface area contributed by atoms with Gasteiger partial charge in [-0.3, -0.25) is 4.98 Å². The van der Waals surface area contributed by atoms with E-state index in [4.69, 9.17) is 5.11 Å². The number of aromatic amines is 1. The average Bonchev–Trinajstić information content (AvgIpc) is 2.92. The number of hydrogen-bond donors (Lipinski definition) is 4. The first kappa shape index (κ1) is 13.5. The van der Waals surface area contributed by atoms with Gasteiger partial charge in [0, 0.05) is 24.5 Å². The molecule has 2 heterocycles. The zero-order chi connectivity index (χ0) is 14.4. The third-order valence-electron chi connectivity index (χ3n) is 2.50. The van der Waals surface area contributed by atoms with Gasteiger partial charge in [0.25, 0.3) is 0 Å². The fourth-order valence-corrected chi connectivity index (χ4v) is 1.58. The normalized spacial score (nSPS) is 11.6. The number of carbonyl (C=O) groups excluding carboxylic acids is 1. The summed E-state index contributed by atoms with van der Waals surface area (Å²) in [5, 5.41) is 14.0. The number of aromatic nitrogens is 3. The van der Waals surface area contributed by atoms with Crippen molar-refractivity contribution in [3.8, 4) is 0 Å². The number of pyridine rings is 1. The van der Waals surface area contributed by atoms with Gasteiger partial charge >= 0.3 is 12.0 Å². The molecule has 0 aliphatic rings. The van der Waals surface area contributed by atoms with Gasteiger partial charge in [-0.15, -0.1) is 0 Å². The van der Waals surface area contributed by atoms with Crippen molar-refractivity contribution < 1.29 is 14.7 Å². The van der Waals surface area contributed by atoms with Gasteiger partial charge < -0.3 is 20.7 Å². The second kappa shape index (κ2) is 6.32. The summed E-state index contributed by atoms with van der Waals surface area (Å²) in [6.45, 7) is 0. The van der Waals surface area contributed by atoms with E-state index in [9.17, 15) is 9.59 Å². The first-order valence-electron chi connectivity index (χ1n) is 5.83. The number of hydrogen-bond acceptors (Lipinski definition) is 4. The molecule has 0 unspecified atom stereocenters. The molecule has 4 N–H and O–H groups in total. The number of imidazole rings is 1. The highest BCUT2D eigenvalue weighted by molar-refractivity contribution is 5.92. The monoisotopic (exact) mass is 275 g/mol. The lowest BCUT2D eigenvalue weighted by molar-refractivity contribution is -0.139. The largest absolute Gasteiger partial charge is 0.480 e. The van der Waals surface area contributed by atoms with Crippen molar-refractivity contribution in [1.82, 2.24) is 20.3 Å². The van der Waals surface area contributed by atoms with Gasteiger partial charge in [0.15, 0.2) is 0 Å². The Morgan fingerprint density at radius 1 is 1.35 bits per heavy atom. The number of anilines is 1. The summed E-state index contributed by atoms with van der Waals surface area (Å²) in [4.78, 5) is 33.3. The second-order valence-electron chi connectivity index (χ2n) is 4.01. The summed E-state index contributed by atoms with van der Waals surface area (Å²) >= 11 is 0. The molecular formula is C12H13N5O3. The van der Waals surface area contributed by atoms with Crippen molar-refractivity contribution in [2.75, 3.05) is 5.32 Å². The summed E-state index contributed by atoms with van der Waals surface area (Å²) in [6, 6.07) is 1.66. The molecule has 104 valence electrons. The molecule has 0 fully saturated rings. The number of carbonyl (C=O) groups is 2. The molecule has 0 saturated heterocycles. The van der Waals surface area contributed by atoms with Crippen LogP contribution < -0.4 is 10.6 Å². The summed E-state index contributed by atoms with van der Waals surface area (Å²) in [6.07, 6.45) is 6.11. The molecule has 2 amide bonds. The molecule has 8 heteroatoms. The van der Waals surface area contributed by atoms with Crippen molar-refractivity contribution in [3.63, 3.8) is 0 Å². The van der Waals surface area contributed by atoms with Crippen LogP contribution in [0.5, 0.6) is 0 Å². The number of amides is 2. The van der Waals surface area contributed by atoms with Crippen molar-refractivity contribution in [3.05, 3.63) is 42.7 Å². The summed E-state index contributed by atoms with van der Waals surface area (Å²) in [7, 11) is 0. The zero-order valence-corrected chi connectivity index (χ0v) is 10.4. The number of carboxylic acids is 1. The predicted molar refractivity (Wildman–Crippen MR) is 70.1 cm³/mol. The SMILES string of the molecule is O=C(Nc1cccnc1)N[C@@H](Cc1cnc[nH]1)C(=O)O. The maximum Gasteiger partial charge on any atom is 0.326 e. The molecule has 1 atom stereocenters. The fraction of sp³-hybridized carbons (Fsp3) is 0.167. The Balaban J connectivity index is 1.94. The number of rotatable bonds is 5. The molecule has 2 rings (SSSR count). The minimum atomic E-state index is -1.12. The smallest absolute Gasteiger partial charge is 0.326 e. The van der Waals surface area contributed by atoms with Crippen molar-refractivity contribution in [2.45, 2.75) is 12.5 Å². The lowest BCUT2D eigenvalue weighted by Crippen LogP contribution is -2.44. The Labute approximate surface area is 114 Å². The summed E-state index contributed by atoms with van der Waals surface area (Å²) in [5.74, 6) is -1.12. The average molecular weight is 275 g/mol. The number of nitrogens with one attached hydrogen (secondary N) is 3. The van der Waals surface area contributed by atoms with Crippen LogP contribution in [0.1, 0.15) is 5.69 Å². The molecular weight excluding hydrogens is 262 g/mol. The van der Waals surface area contributed by atoms with E-state index in [1.807, 2.05) is 0 Å². The summed E-state index contributed by atoms with van der Waals surface area (Å²) in [5.41, 5.74) is 1.11. The van der Waals surface area contributed by atoms with Crippen LogP contribution in [0, 0.1) is 0 Å². The molecule has 2 aromatic rings. The van der Waals surface area contributed by atoms with Crippen LogP contribution in [-0.2, 0) is 11.2 Å². The molecule has 0 bridgehead atoms. The molecule has 0 saturated carbocycles. The second-order valence-corrected chi connectivity index (χ2v) is 4.01. The maximum absolute atomic E-state index is 11.7. The van der Waals surface area contributed by atoms with Gasteiger partial charge in [-0.1, -0.05) is 0 Å². The number of aliphatic carboxylic acids is 1.